The first kappa shape index (κ1) is 22.2. The van der Waals surface area contributed by atoms with Crippen LogP contribution in [0.2, 0.25) is 0 Å². The van der Waals surface area contributed by atoms with E-state index in [0.29, 0.717) is 13.2 Å². The number of nitrogens with zero attached hydrogens (tertiary/aromatic N) is 6. The molecule has 8 heteroatoms. The number of rotatable bonds is 8. The van der Waals surface area contributed by atoms with E-state index in [9.17, 15) is 0 Å². The summed E-state index contributed by atoms with van der Waals surface area (Å²) in [5, 5.41) is 12.7. The van der Waals surface area contributed by atoms with Gasteiger partial charge in [-0.25, -0.2) is 4.68 Å². The van der Waals surface area contributed by atoms with E-state index in [1.165, 1.54) is 16.8 Å². The quantitative estimate of drug-likeness (QED) is 0.538. The van der Waals surface area contributed by atoms with Crippen LogP contribution in [0.3, 0.4) is 0 Å². The Kier molecular flexibility index (Phi) is 7.02. The van der Waals surface area contributed by atoms with Crippen molar-refractivity contribution in [3.05, 3.63) is 65.0 Å². The van der Waals surface area contributed by atoms with Gasteiger partial charge in [-0.1, -0.05) is 30.3 Å². The monoisotopic (exact) mass is 436 g/mol. The number of aryl methyl sites for hydroxylation is 2. The Morgan fingerprint density at radius 3 is 2.53 bits per heavy atom. The van der Waals surface area contributed by atoms with Gasteiger partial charge in [-0.15, -0.1) is 5.10 Å². The molecule has 0 amide bonds. The Morgan fingerprint density at radius 1 is 1.00 bits per heavy atom. The molecule has 3 aromatic rings. The lowest BCUT2D eigenvalue weighted by Gasteiger charge is -2.40. The molecule has 0 unspecified atom stereocenters. The summed E-state index contributed by atoms with van der Waals surface area (Å²) in [4.78, 5) is 4.93. The first-order valence-corrected chi connectivity index (χ1v) is 11.1. The van der Waals surface area contributed by atoms with E-state index in [1.54, 1.807) is 14.2 Å². The van der Waals surface area contributed by atoms with Crippen molar-refractivity contribution in [2.24, 2.45) is 0 Å². The lowest BCUT2D eigenvalue weighted by Crippen LogP contribution is -2.48. The maximum atomic E-state index is 5.72. The van der Waals surface area contributed by atoms with E-state index in [0.717, 1.165) is 43.3 Å². The second-order valence-electron chi connectivity index (χ2n) is 8.21. The normalized spacial score (nSPS) is 15.7. The van der Waals surface area contributed by atoms with E-state index in [-0.39, 0.29) is 6.04 Å². The Morgan fingerprint density at radius 2 is 1.78 bits per heavy atom. The summed E-state index contributed by atoms with van der Waals surface area (Å²) in [7, 11) is 3.40. The second-order valence-corrected chi connectivity index (χ2v) is 8.21. The maximum Gasteiger partial charge on any atom is 0.173 e. The molecule has 0 saturated carbocycles. The van der Waals surface area contributed by atoms with E-state index in [1.807, 2.05) is 22.9 Å². The summed E-state index contributed by atoms with van der Waals surface area (Å²) < 4.78 is 12.8. The van der Waals surface area contributed by atoms with E-state index in [4.69, 9.17) is 9.47 Å². The highest BCUT2D eigenvalue weighted by molar-refractivity contribution is 5.55. The average Bonchev–Trinajstić information content (AvgIpc) is 3.28. The second kappa shape index (κ2) is 10.1. The first-order chi connectivity index (χ1) is 15.6. The minimum Gasteiger partial charge on any atom is -0.496 e. The molecule has 8 nitrogen and oxygen atoms in total. The molecule has 0 spiro atoms. The lowest BCUT2D eigenvalue weighted by atomic mass is 10.0. The smallest absolute Gasteiger partial charge is 0.173 e. The highest BCUT2D eigenvalue weighted by Gasteiger charge is 2.32. The number of anilines is 1. The number of tetrazole rings is 1. The number of para-hydroxylation sites is 1. The largest absolute Gasteiger partial charge is 0.496 e. The molecule has 170 valence electrons. The van der Waals surface area contributed by atoms with Crippen molar-refractivity contribution in [2.45, 2.75) is 26.4 Å². The van der Waals surface area contributed by atoms with Crippen LogP contribution in [0.1, 0.15) is 28.6 Å². The summed E-state index contributed by atoms with van der Waals surface area (Å²) in [5.74, 6) is 1.66. The van der Waals surface area contributed by atoms with Crippen LogP contribution in [0.4, 0.5) is 5.69 Å². The average molecular weight is 437 g/mol. The predicted molar refractivity (Wildman–Crippen MR) is 124 cm³/mol. The minimum atomic E-state index is -0.0984. The van der Waals surface area contributed by atoms with Crippen molar-refractivity contribution in [1.29, 1.82) is 0 Å². The highest BCUT2D eigenvalue weighted by atomic mass is 16.5. The van der Waals surface area contributed by atoms with Crippen LogP contribution in [-0.4, -0.2) is 72.1 Å². The van der Waals surface area contributed by atoms with Crippen LogP contribution >= 0.6 is 0 Å². The van der Waals surface area contributed by atoms with Gasteiger partial charge in [0.05, 0.1) is 20.3 Å². The van der Waals surface area contributed by atoms with E-state index < -0.39 is 0 Å². The zero-order valence-electron chi connectivity index (χ0n) is 19.4. The zero-order chi connectivity index (χ0) is 22.5. The molecule has 1 saturated heterocycles. The molecule has 1 aromatic heterocycles. The van der Waals surface area contributed by atoms with Gasteiger partial charge >= 0.3 is 0 Å². The number of benzene rings is 2. The standard InChI is InChI=1S/C24H32N6O2/c1-18-9-10-19(2)21(17-18)28-11-13-29(14-12-28)23(20-7-5-6-8-22(20)32-4)24-25-26-27-30(24)15-16-31-3/h5-10,17,23H,11-16H2,1-4H3/t23-/m1/s1. The molecular weight excluding hydrogens is 404 g/mol. The van der Waals surface area contributed by atoms with Gasteiger partial charge in [-0.3, -0.25) is 4.90 Å². The minimum absolute atomic E-state index is 0.0984. The number of hydrogen-bond acceptors (Lipinski definition) is 7. The molecule has 32 heavy (non-hydrogen) atoms. The predicted octanol–water partition coefficient (Wildman–Crippen LogP) is 2.86. The van der Waals surface area contributed by atoms with Crippen LogP contribution in [-0.2, 0) is 11.3 Å². The summed E-state index contributed by atoms with van der Waals surface area (Å²) in [5.41, 5.74) is 5.00. The van der Waals surface area contributed by atoms with Crippen molar-refractivity contribution in [2.75, 3.05) is 51.9 Å². The number of piperazine rings is 1. The Labute approximate surface area is 189 Å². The van der Waals surface area contributed by atoms with Gasteiger partial charge in [-0.2, -0.15) is 0 Å². The van der Waals surface area contributed by atoms with Crippen molar-refractivity contribution in [3.8, 4) is 5.75 Å². The fourth-order valence-electron chi connectivity index (χ4n) is 4.42. The summed E-state index contributed by atoms with van der Waals surface area (Å²) in [6.45, 7) is 9.16. The third kappa shape index (κ3) is 4.61. The third-order valence-electron chi connectivity index (χ3n) is 6.13. The van der Waals surface area contributed by atoms with Crippen LogP contribution in [0.25, 0.3) is 0 Å². The summed E-state index contributed by atoms with van der Waals surface area (Å²) in [6.07, 6.45) is 0. The topological polar surface area (TPSA) is 68.5 Å². The molecule has 0 bridgehead atoms. The summed E-state index contributed by atoms with van der Waals surface area (Å²) in [6, 6.07) is 14.7. The molecule has 1 fully saturated rings. The fourth-order valence-corrected chi connectivity index (χ4v) is 4.42. The summed E-state index contributed by atoms with van der Waals surface area (Å²) >= 11 is 0. The molecule has 0 N–H and O–H groups in total. The third-order valence-corrected chi connectivity index (χ3v) is 6.13. The van der Waals surface area contributed by atoms with Crippen molar-refractivity contribution in [3.63, 3.8) is 0 Å². The SMILES string of the molecule is COCCn1nnnc1[C@@H](c1ccccc1OC)N1CCN(c2cc(C)ccc2C)CC1. The van der Waals surface area contributed by atoms with Gasteiger partial charge in [-0.05, 0) is 47.5 Å². The lowest BCUT2D eigenvalue weighted by molar-refractivity contribution is 0.171. The van der Waals surface area contributed by atoms with Gasteiger partial charge in [0.1, 0.15) is 11.8 Å². The Bertz CT molecular complexity index is 1030. The maximum absolute atomic E-state index is 5.72. The van der Waals surface area contributed by atoms with Crippen molar-refractivity contribution in [1.82, 2.24) is 25.1 Å². The van der Waals surface area contributed by atoms with E-state index >= 15 is 0 Å². The van der Waals surface area contributed by atoms with Crippen molar-refractivity contribution < 1.29 is 9.47 Å². The molecule has 2 aromatic carbocycles. The highest BCUT2D eigenvalue weighted by Crippen LogP contribution is 2.35. The van der Waals surface area contributed by atoms with E-state index in [2.05, 4.69) is 63.4 Å². The van der Waals surface area contributed by atoms with Crippen LogP contribution in [0.15, 0.2) is 42.5 Å². The van der Waals surface area contributed by atoms with Gasteiger partial charge in [0.15, 0.2) is 5.82 Å². The Balaban J connectivity index is 1.63. The fraction of sp³-hybridized carbons (Fsp3) is 0.458. The first-order valence-electron chi connectivity index (χ1n) is 11.1. The van der Waals surface area contributed by atoms with Crippen LogP contribution in [0.5, 0.6) is 5.75 Å². The zero-order valence-corrected chi connectivity index (χ0v) is 19.4. The van der Waals surface area contributed by atoms with Gasteiger partial charge in [0, 0.05) is 44.5 Å². The molecule has 1 aliphatic heterocycles. The molecule has 1 atom stereocenters. The number of methoxy groups -OCH3 is 2. The number of hydrogen-bond donors (Lipinski definition) is 0. The van der Waals surface area contributed by atoms with Crippen LogP contribution < -0.4 is 9.64 Å². The van der Waals surface area contributed by atoms with Gasteiger partial charge < -0.3 is 14.4 Å². The Hall–Kier alpha value is -2.97. The van der Waals surface area contributed by atoms with Crippen LogP contribution in [0, 0.1) is 13.8 Å². The molecule has 1 aliphatic rings. The molecule has 4 rings (SSSR count). The number of ether oxygens (including phenoxy) is 2. The van der Waals surface area contributed by atoms with Gasteiger partial charge in [0.25, 0.3) is 0 Å². The van der Waals surface area contributed by atoms with Crippen molar-refractivity contribution >= 4 is 5.69 Å². The number of aromatic nitrogens is 4. The molecular formula is C24H32N6O2. The molecule has 2 heterocycles. The molecule has 0 aliphatic carbocycles. The molecule has 0 radical (unpaired) electrons. The van der Waals surface area contributed by atoms with Gasteiger partial charge in [0.2, 0.25) is 0 Å².